The first-order chi connectivity index (χ1) is 11.7. The lowest BCUT2D eigenvalue weighted by atomic mass is 9.89. The molecule has 3 saturated heterocycles. The molecule has 3 aliphatic heterocycles. The molecule has 3 aliphatic rings. The minimum Gasteiger partial charge on any atom is -0.373 e. The first-order valence-electron chi connectivity index (χ1n) is 9.15. The molecular formula is C18H27N3O2S. The van der Waals surface area contributed by atoms with Crippen LogP contribution in [0.4, 0.5) is 4.79 Å². The molecule has 1 aromatic rings. The van der Waals surface area contributed by atoms with Crippen LogP contribution in [0.3, 0.4) is 0 Å². The zero-order valence-corrected chi connectivity index (χ0v) is 15.0. The number of thiophene rings is 1. The number of nitrogens with one attached hydrogen (secondary N) is 1. The van der Waals surface area contributed by atoms with Crippen molar-refractivity contribution in [2.75, 3.05) is 32.8 Å². The van der Waals surface area contributed by atoms with E-state index in [1.807, 2.05) is 4.90 Å². The van der Waals surface area contributed by atoms with Gasteiger partial charge < -0.3 is 15.0 Å². The molecule has 2 atom stereocenters. The van der Waals surface area contributed by atoms with Gasteiger partial charge in [0.2, 0.25) is 0 Å². The minimum atomic E-state index is -0.0583. The molecule has 1 aromatic heterocycles. The van der Waals surface area contributed by atoms with Crippen LogP contribution in [-0.4, -0.2) is 60.3 Å². The summed E-state index contributed by atoms with van der Waals surface area (Å²) in [4.78, 5) is 16.8. The Labute approximate surface area is 148 Å². The summed E-state index contributed by atoms with van der Waals surface area (Å²) in [6.45, 7) is 5.67. The van der Waals surface area contributed by atoms with E-state index in [1.54, 1.807) is 11.3 Å². The molecule has 0 radical (unpaired) electrons. The van der Waals surface area contributed by atoms with E-state index in [2.05, 4.69) is 27.0 Å². The Bertz CT molecular complexity index is 559. The van der Waals surface area contributed by atoms with Crippen LogP contribution in [0.15, 0.2) is 16.8 Å². The van der Waals surface area contributed by atoms with Crippen LogP contribution in [0, 0.1) is 0 Å². The van der Waals surface area contributed by atoms with Gasteiger partial charge in [-0.25, -0.2) is 4.79 Å². The van der Waals surface area contributed by atoms with Crippen LogP contribution in [0.1, 0.15) is 37.7 Å². The fourth-order valence-corrected chi connectivity index (χ4v) is 4.98. The first-order valence-corrected chi connectivity index (χ1v) is 10.1. The van der Waals surface area contributed by atoms with E-state index in [4.69, 9.17) is 4.74 Å². The van der Waals surface area contributed by atoms with Crippen molar-refractivity contribution in [3.8, 4) is 0 Å². The molecule has 132 valence electrons. The van der Waals surface area contributed by atoms with Gasteiger partial charge in [0.25, 0.3) is 0 Å². The number of amides is 2. The summed E-state index contributed by atoms with van der Waals surface area (Å²) in [7, 11) is 0. The van der Waals surface area contributed by atoms with E-state index in [0.717, 1.165) is 71.4 Å². The van der Waals surface area contributed by atoms with Gasteiger partial charge in [0.05, 0.1) is 5.60 Å². The third-order valence-corrected chi connectivity index (χ3v) is 6.33. The molecule has 1 N–H and O–H groups in total. The van der Waals surface area contributed by atoms with Crippen LogP contribution < -0.4 is 5.32 Å². The summed E-state index contributed by atoms with van der Waals surface area (Å²) in [6, 6.07) is 2.59. The number of carbonyl (C=O) groups excluding carboxylic acids is 1. The van der Waals surface area contributed by atoms with Crippen LogP contribution in [-0.2, 0) is 11.3 Å². The molecule has 5 nitrogen and oxygen atoms in total. The molecule has 0 unspecified atom stereocenters. The van der Waals surface area contributed by atoms with Crippen molar-refractivity contribution in [3.05, 3.63) is 22.4 Å². The molecule has 0 bridgehead atoms. The first kappa shape index (κ1) is 16.4. The van der Waals surface area contributed by atoms with Crippen molar-refractivity contribution in [2.45, 2.75) is 50.3 Å². The van der Waals surface area contributed by atoms with Crippen molar-refractivity contribution < 1.29 is 9.53 Å². The molecule has 4 rings (SSSR count). The normalized spacial score (nSPS) is 31.0. The molecule has 0 saturated carbocycles. The van der Waals surface area contributed by atoms with Gasteiger partial charge in [-0.2, -0.15) is 11.3 Å². The standard InChI is InChI=1S/C18H27N3O2S/c22-17(21-6-1-2-7-21)19-16-3-9-23-18(11-16)5-8-20(14-18)12-15-4-10-24-13-15/h4,10,13,16H,1-3,5-9,11-12,14H2,(H,19,22)/t16-,18+/m0/s1. The molecule has 4 heterocycles. The van der Waals surface area contributed by atoms with Crippen LogP contribution >= 0.6 is 11.3 Å². The largest absolute Gasteiger partial charge is 0.373 e. The van der Waals surface area contributed by atoms with E-state index in [-0.39, 0.29) is 17.7 Å². The van der Waals surface area contributed by atoms with Gasteiger partial charge in [-0.05, 0) is 54.5 Å². The topological polar surface area (TPSA) is 44.8 Å². The maximum absolute atomic E-state index is 12.4. The summed E-state index contributed by atoms with van der Waals surface area (Å²) in [5.41, 5.74) is 1.34. The van der Waals surface area contributed by atoms with Crippen molar-refractivity contribution in [2.24, 2.45) is 0 Å². The molecule has 24 heavy (non-hydrogen) atoms. The minimum absolute atomic E-state index is 0.0583. The SMILES string of the molecule is O=C(N[C@H]1CCO[C@]2(CCN(Cc3ccsc3)C2)C1)N1CCCC1. The Morgan fingerprint density at radius 2 is 2.25 bits per heavy atom. The van der Waals surface area contributed by atoms with Crippen molar-refractivity contribution >= 4 is 17.4 Å². The third-order valence-electron chi connectivity index (χ3n) is 5.60. The molecule has 0 aliphatic carbocycles. The summed E-state index contributed by atoms with van der Waals surface area (Å²) in [5, 5.41) is 7.63. The number of carbonyl (C=O) groups is 1. The molecule has 1 spiro atoms. The van der Waals surface area contributed by atoms with Gasteiger partial charge in [0.1, 0.15) is 0 Å². The third kappa shape index (κ3) is 3.60. The van der Waals surface area contributed by atoms with Crippen molar-refractivity contribution in [1.29, 1.82) is 0 Å². The van der Waals surface area contributed by atoms with Gasteiger partial charge in [-0.3, -0.25) is 4.90 Å². The zero-order chi connectivity index (χ0) is 16.4. The lowest BCUT2D eigenvalue weighted by Crippen LogP contribution is -2.52. The van der Waals surface area contributed by atoms with E-state index in [1.165, 1.54) is 5.56 Å². The van der Waals surface area contributed by atoms with Crippen LogP contribution in [0.2, 0.25) is 0 Å². The highest BCUT2D eigenvalue weighted by atomic mass is 32.1. The number of likely N-dealkylation sites (tertiary alicyclic amines) is 2. The summed E-state index contributed by atoms with van der Waals surface area (Å²) in [5.74, 6) is 0. The Morgan fingerprint density at radius 1 is 1.38 bits per heavy atom. The lowest BCUT2D eigenvalue weighted by molar-refractivity contribution is -0.0792. The Morgan fingerprint density at radius 3 is 3.04 bits per heavy atom. The van der Waals surface area contributed by atoms with Crippen LogP contribution in [0.25, 0.3) is 0 Å². The van der Waals surface area contributed by atoms with E-state index >= 15 is 0 Å². The maximum Gasteiger partial charge on any atom is 0.317 e. The highest BCUT2D eigenvalue weighted by molar-refractivity contribution is 7.07. The zero-order valence-electron chi connectivity index (χ0n) is 14.2. The van der Waals surface area contributed by atoms with Crippen molar-refractivity contribution in [3.63, 3.8) is 0 Å². The second-order valence-electron chi connectivity index (χ2n) is 7.46. The van der Waals surface area contributed by atoms with Gasteiger partial charge in [-0.1, -0.05) is 0 Å². The lowest BCUT2D eigenvalue weighted by Gasteiger charge is -2.39. The maximum atomic E-state index is 12.4. The second-order valence-corrected chi connectivity index (χ2v) is 8.24. The molecule has 2 amide bonds. The number of hydrogen-bond donors (Lipinski definition) is 1. The molecule has 6 heteroatoms. The fraction of sp³-hybridized carbons (Fsp3) is 0.722. The van der Waals surface area contributed by atoms with E-state index in [9.17, 15) is 4.79 Å². The Hall–Kier alpha value is -1.11. The molecule has 3 fully saturated rings. The smallest absolute Gasteiger partial charge is 0.317 e. The molecule has 0 aromatic carbocycles. The van der Waals surface area contributed by atoms with Gasteiger partial charge >= 0.3 is 6.03 Å². The Kier molecular flexibility index (Phi) is 4.79. The van der Waals surface area contributed by atoms with Gasteiger partial charge in [-0.15, -0.1) is 0 Å². The van der Waals surface area contributed by atoms with E-state index < -0.39 is 0 Å². The number of rotatable bonds is 3. The van der Waals surface area contributed by atoms with E-state index in [0.29, 0.717) is 0 Å². The number of ether oxygens (including phenoxy) is 1. The predicted molar refractivity (Wildman–Crippen MR) is 95.3 cm³/mol. The summed E-state index contributed by atoms with van der Waals surface area (Å²) in [6.07, 6.45) is 5.25. The number of urea groups is 1. The number of nitrogens with zero attached hydrogens (tertiary/aromatic N) is 2. The Balaban J connectivity index is 1.32. The average Bonchev–Trinajstić information content (AvgIpc) is 3.31. The quantitative estimate of drug-likeness (QED) is 0.912. The van der Waals surface area contributed by atoms with Crippen molar-refractivity contribution in [1.82, 2.24) is 15.1 Å². The fourth-order valence-electron chi connectivity index (χ4n) is 4.32. The predicted octanol–water partition coefficient (Wildman–Crippen LogP) is 2.68. The van der Waals surface area contributed by atoms with Gasteiger partial charge in [0, 0.05) is 45.4 Å². The summed E-state index contributed by atoms with van der Waals surface area (Å²) >= 11 is 1.76. The average molecular weight is 350 g/mol. The molecular weight excluding hydrogens is 322 g/mol. The van der Waals surface area contributed by atoms with Crippen LogP contribution in [0.5, 0.6) is 0 Å². The number of hydrogen-bond acceptors (Lipinski definition) is 4. The highest BCUT2D eigenvalue weighted by Crippen LogP contribution is 2.35. The second kappa shape index (κ2) is 7.02. The highest BCUT2D eigenvalue weighted by Gasteiger charge is 2.43. The summed E-state index contributed by atoms with van der Waals surface area (Å²) < 4.78 is 6.21. The van der Waals surface area contributed by atoms with Gasteiger partial charge in [0.15, 0.2) is 0 Å². The monoisotopic (exact) mass is 349 g/mol.